The first-order valence-corrected chi connectivity index (χ1v) is 10.6. The Morgan fingerprint density at radius 3 is 2.30 bits per heavy atom. The lowest BCUT2D eigenvalue weighted by molar-refractivity contribution is -0.236. The third-order valence-electron chi connectivity index (χ3n) is 5.57. The molecule has 0 aromatic rings. The van der Waals surface area contributed by atoms with Crippen LogP contribution in [0.2, 0.25) is 10.1 Å². The molecule has 3 aliphatic heterocycles. The monoisotopic (exact) mass is 340 g/mol. The third-order valence-corrected chi connectivity index (χ3v) is 10.7. The van der Waals surface area contributed by atoms with E-state index in [9.17, 15) is 0 Å². The van der Waals surface area contributed by atoms with Crippen molar-refractivity contribution in [3.63, 3.8) is 0 Å². The zero-order valence-electron chi connectivity index (χ0n) is 15.6. The Bertz CT molecular complexity index is 476. The van der Waals surface area contributed by atoms with Gasteiger partial charge in [-0.3, -0.25) is 0 Å². The largest absolute Gasteiger partial charge is 0.493 e. The number of hydrogen-bond acceptors (Lipinski definition) is 4. The molecule has 0 unspecified atom stereocenters. The van der Waals surface area contributed by atoms with Gasteiger partial charge in [-0.2, -0.15) is 0 Å². The van der Waals surface area contributed by atoms with Crippen LogP contribution in [0.4, 0.5) is 0 Å². The van der Waals surface area contributed by atoms with E-state index in [0.29, 0.717) is 6.61 Å². The van der Waals surface area contributed by atoms with Gasteiger partial charge in [-0.05, 0) is 19.4 Å². The molecule has 2 saturated heterocycles. The van der Waals surface area contributed by atoms with Crippen LogP contribution in [-0.4, -0.2) is 39.1 Å². The van der Waals surface area contributed by atoms with Crippen LogP contribution in [0.1, 0.15) is 61.3 Å². The van der Waals surface area contributed by atoms with Gasteiger partial charge in [0.1, 0.15) is 17.8 Å². The quantitative estimate of drug-likeness (QED) is 0.616. The predicted octanol–water partition coefficient (Wildman–Crippen LogP) is 4.29. The molecule has 0 aliphatic carbocycles. The minimum Gasteiger partial charge on any atom is -0.493 e. The van der Waals surface area contributed by atoms with Crippen molar-refractivity contribution in [2.75, 3.05) is 6.61 Å². The average molecular weight is 341 g/mol. The maximum absolute atomic E-state index is 6.81. The van der Waals surface area contributed by atoms with Crippen LogP contribution in [-0.2, 0) is 18.3 Å². The van der Waals surface area contributed by atoms with Gasteiger partial charge in [-0.25, -0.2) is 0 Å². The molecule has 0 radical (unpaired) electrons. The second-order valence-corrected chi connectivity index (χ2v) is 14.2. The van der Waals surface area contributed by atoms with E-state index in [2.05, 4.69) is 48.5 Å². The first-order chi connectivity index (χ1) is 10.5. The van der Waals surface area contributed by atoms with E-state index < -0.39 is 8.56 Å². The third kappa shape index (κ3) is 2.70. The van der Waals surface area contributed by atoms with Crippen molar-refractivity contribution in [3.8, 4) is 0 Å². The fourth-order valence-corrected chi connectivity index (χ4v) is 9.49. The van der Waals surface area contributed by atoms with Gasteiger partial charge < -0.3 is 18.3 Å². The summed E-state index contributed by atoms with van der Waals surface area (Å²) in [5.74, 6) is 0. The summed E-state index contributed by atoms with van der Waals surface area (Å²) in [7, 11) is -2.44. The average Bonchev–Trinajstić information content (AvgIpc) is 2.41. The molecule has 0 spiro atoms. The highest BCUT2D eigenvalue weighted by Gasteiger charge is 2.64. The molecular formula is C18H32O4Si. The highest BCUT2D eigenvalue weighted by atomic mass is 28.4. The van der Waals surface area contributed by atoms with Gasteiger partial charge in [-0.15, -0.1) is 0 Å². The molecule has 0 saturated carbocycles. The van der Waals surface area contributed by atoms with E-state index in [0.717, 1.165) is 12.8 Å². The van der Waals surface area contributed by atoms with Crippen molar-refractivity contribution in [1.82, 2.24) is 0 Å². The second kappa shape index (κ2) is 5.32. The Kier molecular flexibility index (Phi) is 4.03. The van der Waals surface area contributed by atoms with E-state index in [1.807, 2.05) is 12.3 Å². The molecule has 3 rings (SSSR count). The zero-order valence-corrected chi connectivity index (χ0v) is 16.6. The summed E-state index contributed by atoms with van der Waals surface area (Å²) in [5.41, 5.74) is -0.289. The lowest BCUT2D eigenvalue weighted by Gasteiger charge is -2.58. The molecule has 0 amide bonds. The van der Waals surface area contributed by atoms with E-state index in [1.54, 1.807) is 0 Å². The maximum atomic E-state index is 6.81. The minimum atomic E-state index is -2.44. The normalized spacial score (nSPS) is 40.0. The number of hydrogen-bond donors (Lipinski definition) is 0. The van der Waals surface area contributed by atoms with Crippen molar-refractivity contribution >= 4 is 8.56 Å². The van der Waals surface area contributed by atoms with Gasteiger partial charge in [0.15, 0.2) is 0 Å². The van der Waals surface area contributed by atoms with Gasteiger partial charge in [0.05, 0.1) is 19.0 Å². The van der Waals surface area contributed by atoms with Crippen LogP contribution >= 0.6 is 0 Å². The lowest BCUT2D eigenvalue weighted by Crippen LogP contribution is -2.69. The molecule has 5 heteroatoms. The molecule has 0 aromatic carbocycles. The van der Waals surface area contributed by atoms with Crippen LogP contribution < -0.4 is 0 Å². The van der Waals surface area contributed by atoms with E-state index in [4.69, 9.17) is 18.3 Å². The highest BCUT2D eigenvalue weighted by molar-refractivity contribution is 6.73. The standard InChI is InChI=1S/C18H32O4Si/c1-16(2,3)23(17(4,5)6)20-12-14-13(22-23)11-18(7)15(21-14)9-8-10-19-18/h8,10,13-15H,9,11-12H2,1-7H3/t13-,14+,15-,18+/m0/s1. The molecule has 3 heterocycles. The summed E-state index contributed by atoms with van der Waals surface area (Å²) in [6, 6.07) is 0. The summed E-state index contributed by atoms with van der Waals surface area (Å²) in [6.45, 7) is 16.3. The molecule has 23 heavy (non-hydrogen) atoms. The first-order valence-electron chi connectivity index (χ1n) is 8.79. The minimum absolute atomic E-state index is 0.00129. The Hall–Kier alpha value is -0.363. The Labute approximate surface area is 141 Å². The highest BCUT2D eigenvalue weighted by Crippen LogP contribution is 2.55. The fourth-order valence-electron chi connectivity index (χ4n) is 4.54. The summed E-state index contributed by atoms with van der Waals surface area (Å²) in [6.07, 6.45) is 5.81. The van der Waals surface area contributed by atoms with Crippen LogP contribution in [0.25, 0.3) is 0 Å². The summed E-state index contributed by atoms with van der Waals surface area (Å²) in [4.78, 5) is 0. The van der Waals surface area contributed by atoms with Gasteiger partial charge in [0, 0.05) is 16.5 Å². The molecule has 2 fully saturated rings. The molecule has 0 bridgehead atoms. The van der Waals surface area contributed by atoms with E-state index >= 15 is 0 Å². The first kappa shape index (κ1) is 17.5. The lowest BCUT2D eigenvalue weighted by atomic mass is 9.84. The Morgan fingerprint density at radius 2 is 1.70 bits per heavy atom. The molecule has 132 valence electrons. The van der Waals surface area contributed by atoms with E-state index in [1.165, 1.54) is 0 Å². The van der Waals surface area contributed by atoms with Gasteiger partial charge in [0.25, 0.3) is 0 Å². The van der Waals surface area contributed by atoms with Crippen LogP contribution in [0.5, 0.6) is 0 Å². The number of rotatable bonds is 0. The zero-order chi connectivity index (χ0) is 17.1. The summed E-state index contributed by atoms with van der Waals surface area (Å²) >= 11 is 0. The van der Waals surface area contributed by atoms with Crippen LogP contribution in [0, 0.1) is 0 Å². The molecule has 4 nitrogen and oxygen atoms in total. The van der Waals surface area contributed by atoms with Gasteiger partial charge in [-0.1, -0.05) is 41.5 Å². The second-order valence-electron chi connectivity index (χ2n) is 9.49. The molecular weight excluding hydrogens is 308 g/mol. The topological polar surface area (TPSA) is 36.9 Å². The fraction of sp³-hybridized carbons (Fsp3) is 0.889. The maximum Gasteiger partial charge on any atom is 0.349 e. The van der Waals surface area contributed by atoms with Crippen molar-refractivity contribution in [2.45, 2.75) is 95.3 Å². The number of ether oxygens (including phenoxy) is 2. The van der Waals surface area contributed by atoms with Crippen molar-refractivity contribution in [1.29, 1.82) is 0 Å². The molecule has 0 aromatic heterocycles. The predicted molar refractivity (Wildman–Crippen MR) is 92.5 cm³/mol. The summed E-state index contributed by atoms with van der Waals surface area (Å²) in [5, 5.41) is 0.00258. The van der Waals surface area contributed by atoms with Crippen molar-refractivity contribution in [2.24, 2.45) is 0 Å². The smallest absolute Gasteiger partial charge is 0.349 e. The van der Waals surface area contributed by atoms with E-state index in [-0.39, 0.29) is 34.0 Å². The SMILES string of the molecule is CC(C)(C)[Si]1(C(C)(C)C)OC[C@H]2O[C@H]3CC=CO[C@]3(C)C[C@@H]2O1. The van der Waals surface area contributed by atoms with Crippen molar-refractivity contribution < 1.29 is 18.3 Å². The van der Waals surface area contributed by atoms with Crippen LogP contribution in [0.3, 0.4) is 0 Å². The van der Waals surface area contributed by atoms with Crippen LogP contribution in [0.15, 0.2) is 12.3 Å². The van der Waals surface area contributed by atoms with Crippen molar-refractivity contribution in [3.05, 3.63) is 12.3 Å². The molecule has 0 N–H and O–H groups in total. The summed E-state index contributed by atoms with van der Waals surface area (Å²) < 4.78 is 25.6. The van der Waals surface area contributed by atoms with Gasteiger partial charge in [0.2, 0.25) is 0 Å². The Balaban J connectivity index is 1.88. The number of fused-ring (bicyclic) bond motifs is 2. The van der Waals surface area contributed by atoms with Gasteiger partial charge >= 0.3 is 8.56 Å². The molecule has 4 atom stereocenters. The molecule has 3 aliphatic rings. The Morgan fingerprint density at radius 1 is 1.04 bits per heavy atom.